The van der Waals surface area contributed by atoms with Crippen LogP contribution in [0.5, 0.6) is 0 Å². The minimum atomic E-state index is -0.886. The second-order valence-electron chi connectivity index (χ2n) is 6.81. The lowest BCUT2D eigenvalue weighted by atomic mass is 9.74. The van der Waals surface area contributed by atoms with Gasteiger partial charge in [0.25, 0.3) is 5.91 Å². The van der Waals surface area contributed by atoms with E-state index in [-0.39, 0.29) is 24.9 Å². The summed E-state index contributed by atoms with van der Waals surface area (Å²) in [6.07, 6.45) is 3.90. The van der Waals surface area contributed by atoms with Crippen LogP contribution in [0.1, 0.15) is 48.0 Å². The zero-order chi connectivity index (χ0) is 18.0. The van der Waals surface area contributed by atoms with E-state index in [4.69, 9.17) is 0 Å². The van der Waals surface area contributed by atoms with Crippen molar-refractivity contribution in [3.8, 4) is 0 Å². The zero-order valence-electron chi connectivity index (χ0n) is 14.1. The SMILES string of the molecule is C=C1c2ccccc2C(=O)N1CC(=O)NCC1(C(=O)O)CCCCC1. The van der Waals surface area contributed by atoms with Gasteiger partial charge >= 0.3 is 5.97 Å². The summed E-state index contributed by atoms with van der Waals surface area (Å²) < 4.78 is 0. The number of fused-ring (bicyclic) bond motifs is 1. The van der Waals surface area contributed by atoms with Crippen molar-refractivity contribution in [1.29, 1.82) is 0 Å². The summed E-state index contributed by atoms with van der Waals surface area (Å²) >= 11 is 0. The molecule has 0 aromatic heterocycles. The molecular formula is C19H22N2O4. The van der Waals surface area contributed by atoms with E-state index < -0.39 is 11.4 Å². The predicted molar refractivity (Wildman–Crippen MR) is 92.7 cm³/mol. The Hall–Kier alpha value is -2.63. The molecular weight excluding hydrogens is 320 g/mol. The number of nitrogens with zero attached hydrogens (tertiary/aromatic N) is 1. The standard InChI is InChI=1S/C19H22N2O4/c1-13-14-7-3-4-8-15(14)17(23)21(13)11-16(22)20-12-19(18(24)25)9-5-2-6-10-19/h3-4,7-8H,1-2,5-6,9-12H2,(H,20,22)(H,24,25). The third kappa shape index (κ3) is 3.16. The van der Waals surface area contributed by atoms with Crippen LogP contribution in [0.25, 0.3) is 5.70 Å². The van der Waals surface area contributed by atoms with Gasteiger partial charge in [0, 0.05) is 23.4 Å². The normalized spacial score (nSPS) is 18.8. The first-order chi connectivity index (χ1) is 11.9. The summed E-state index contributed by atoms with van der Waals surface area (Å²) in [5.74, 6) is -1.48. The Kier molecular flexibility index (Phi) is 4.61. The van der Waals surface area contributed by atoms with Crippen molar-refractivity contribution in [3.05, 3.63) is 42.0 Å². The molecule has 2 N–H and O–H groups in total. The number of hydrogen-bond acceptors (Lipinski definition) is 3. The number of amides is 2. The molecule has 0 saturated heterocycles. The van der Waals surface area contributed by atoms with Gasteiger partial charge in [0.2, 0.25) is 5.91 Å². The fraction of sp³-hybridized carbons (Fsp3) is 0.421. The van der Waals surface area contributed by atoms with Crippen molar-refractivity contribution in [1.82, 2.24) is 10.2 Å². The van der Waals surface area contributed by atoms with Crippen molar-refractivity contribution in [2.45, 2.75) is 32.1 Å². The topological polar surface area (TPSA) is 86.7 Å². The zero-order valence-corrected chi connectivity index (χ0v) is 14.1. The van der Waals surface area contributed by atoms with E-state index in [0.29, 0.717) is 24.1 Å². The van der Waals surface area contributed by atoms with Gasteiger partial charge in [-0.1, -0.05) is 44.0 Å². The van der Waals surface area contributed by atoms with Crippen molar-refractivity contribution in [2.75, 3.05) is 13.1 Å². The number of benzene rings is 1. The van der Waals surface area contributed by atoms with Gasteiger partial charge in [-0.05, 0) is 18.9 Å². The van der Waals surface area contributed by atoms with Crippen LogP contribution in [0.2, 0.25) is 0 Å². The molecule has 0 unspecified atom stereocenters. The lowest BCUT2D eigenvalue weighted by Gasteiger charge is -2.33. The fourth-order valence-electron chi connectivity index (χ4n) is 3.66. The van der Waals surface area contributed by atoms with Crippen LogP contribution in [-0.4, -0.2) is 40.9 Å². The van der Waals surface area contributed by atoms with Gasteiger partial charge in [-0.2, -0.15) is 0 Å². The van der Waals surface area contributed by atoms with Crippen LogP contribution in [-0.2, 0) is 9.59 Å². The van der Waals surface area contributed by atoms with Gasteiger partial charge in [0.05, 0.1) is 5.41 Å². The molecule has 1 heterocycles. The highest BCUT2D eigenvalue weighted by Crippen LogP contribution is 2.36. The molecule has 2 amide bonds. The molecule has 0 radical (unpaired) electrons. The number of rotatable bonds is 5. The summed E-state index contributed by atoms with van der Waals surface area (Å²) in [5.41, 5.74) is 0.883. The first-order valence-corrected chi connectivity index (χ1v) is 8.55. The van der Waals surface area contributed by atoms with Gasteiger partial charge in [0.15, 0.2) is 0 Å². The number of carboxylic acids is 1. The highest BCUT2D eigenvalue weighted by Gasteiger charge is 2.40. The van der Waals surface area contributed by atoms with Crippen molar-refractivity contribution in [2.24, 2.45) is 5.41 Å². The van der Waals surface area contributed by atoms with E-state index in [1.54, 1.807) is 18.2 Å². The monoisotopic (exact) mass is 342 g/mol. The Bertz CT molecular complexity index is 700. The molecule has 1 aliphatic heterocycles. The first kappa shape index (κ1) is 17.2. The van der Waals surface area contributed by atoms with Crippen molar-refractivity contribution >= 4 is 23.5 Å². The molecule has 3 rings (SSSR count). The van der Waals surface area contributed by atoms with E-state index in [2.05, 4.69) is 11.9 Å². The average molecular weight is 342 g/mol. The van der Waals surface area contributed by atoms with Crippen LogP contribution >= 0.6 is 0 Å². The molecule has 2 aliphatic rings. The van der Waals surface area contributed by atoms with Crippen molar-refractivity contribution in [3.63, 3.8) is 0 Å². The summed E-state index contributed by atoms with van der Waals surface area (Å²) in [7, 11) is 0. The average Bonchev–Trinajstić information content (AvgIpc) is 2.86. The maximum atomic E-state index is 12.4. The third-order valence-electron chi connectivity index (χ3n) is 5.23. The summed E-state index contributed by atoms with van der Waals surface area (Å²) in [4.78, 5) is 37.7. The number of carbonyl (C=O) groups is 3. The summed E-state index contributed by atoms with van der Waals surface area (Å²) in [6, 6.07) is 7.10. The predicted octanol–water partition coefficient (Wildman–Crippen LogP) is 2.26. The summed E-state index contributed by atoms with van der Waals surface area (Å²) in [6.45, 7) is 3.85. The van der Waals surface area contributed by atoms with E-state index in [1.165, 1.54) is 4.90 Å². The molecule has 1 fully saturated rings. The molecule has 6 heteroatoms. The third-order valence-corrected chi connectivity index (χ3v) is 5.23. The molecule has 25 heavy (non-hydrogen) atoms. The Morgan fingerprint density at radius 1 is 1.16 bits per heavy atom. The maximum absolute atomic E-state index is 12.4. The van der Waals surface area contributed by atoms with E-state index in [1.807, 2.05) is 6.07 Å². The highest BCUT2D eigenvalue weighted by atomic mass is 16.4. The van der Waals surface area contributed by atoms with Crippen LogP contribution in [0.4, 0.5) is 0 Å². The fourth-order valence-corrected chi connectivity index (χ4v) is 3.66. The molecule has 0 atom stereocenters. The minimum Gasteiger partial charge on any atom is -0.481 e. The number of carboxylic acid groups (broad SMARTS) is 1. The first-order valence-electron chi connectivity index (χ1n) is 8.55. The van der Waals surface area contributed by atoms with E-state index in [0.717, 1.165) is 24.8 Å². The van der Waals surface area contributed by atoms with Crippen LogP contribution in [0.3, 0.4) is 0 Å². The molecule has 6 nitrogen and oxygen atoms in total. The minimum absolute atomic E-state index is 0.0998. The Labute approximate surface area is 146 Å². The van der Waals surface area contributed by atoms with Gasteiger partial charge < -0.3 is 10.4 Å². The van der Waals surface area contributed by atoms with E-state index in [9.17, 15) is 19.5 Å². The number of aliphatic carboxylic acids is 1. The number of carbonyl (C=O) groups excluding carboxylic acids is 2. The second-order valence-corrected chi connectivity index (χ2v) is 6.81. The quantitative estimate of drug-likeness (QED) is 0.859. The largest absolute Gasteiger partial charge is 0.481 e. The second kappa shape index (κ2) is 6.70. The van der Waals surface area contributed by atoms with E-state index >= 15 is 0 Å². The van der Waals surface area contributed by atoms with Gasteiger partial charge in [-0.25, -0.2) is 0 Å². The molecule has 1 aromatic rings. The van der Waals surface area contributed by atoms with Crippen LogP contribution in [0, 0.1) is 5.41 Å². The Morgan fingerprint density at radius 2 is 1.80 bits per heavy atom. The maximum Gasteiger partial charge on any atom is 0.311 e. The molecule has 1 aliphatic carbocycles. The molecule has 132 valence electrons. The lowest BCUT2D eigenvalue weighted by Crippen LogP contribution is -2.46. The van der Waals surface area contributed by atoms with Gasteiger partial charge in [0.1, 0.15) is 6.54 Å². The smallest absolute Gasteiger partial charge is 0.311 e. The summed E-state index contributed by atoms with van der Waals surface area (Å²) in [5, 5.41) is 12.3. The highest BCUT2D eigenvalue weighted by molar-refractivity contribution is 6.10. The molecule has 1 aromatic carbocycles. The molecule has 0 bridgehead atoms. The van der Waals surface area contributed by atoms with Gasteiger partial charge in [-0.3, -0.25) is 19.3 Å². The van der Waals surface area contributed by atoms with Crippen molar-refractivity contribution < 1.29 is 19.5 Å². The number of hydrogen-bond donors (Lipinski definition) is 2. The van der Waals surface area contributed by atoms with Gasteiger partial charge in [-0.15, -0.1) is 0 Å². The number of nitrogens with one attached hydrogen (secondary N) is 1. The molecule has 1 saturated carbocycles. The Morgan fingerprint density at radius 3 is 2.40 bits per heavy atom. The molecule has 0 spiro atoms. The van der Waals surface area contributed by atoms with Crippen LogP contribution < -0.4 is 5.32 Å². The lowest BCUT2D eigenvalue weighted by molar-refractivity contribution is -0.151. The van der Waals surface area contributed by atoms with Crippen LogP contribution in [0.15, 0.2) is 30.8 Å². The Balaban J connectivity index is 1.63.